The van der Waals surface area contributed by atoms with Gasteiger partial charge in [-0.3, -0.25) is 4.52 Å². The topological polar surface area (TPSA) is 203 Å². The summed E-state index contributed by atoms with van der Waals surface area (Å²) in [5.41, 5.74) is 0. The van der Waals surface area contributed by atoms with Crippen LogP contribution in [0, 0.1) is 0 Å². The number of hydrogen-bond acceptors (Lipinski definition) is 12. The maximum absolute atomic E-state index is 10.4. The first-order valence-corrected chi connectivity index (χ1v) is 7.39. The summed E-state index contributed by atoms with van der Waals surface area (Å²) in [7, 11) is -14.1. The Kier molecular flexibility index (Phi) is 10.9. The molecule has 3 fully saturated rings. The van der Waals surface area contributed by atoms with E-state index in [0.29, 0.717) is 0 Å². The van der Waals surface area contributed by atoms with Gasteiger partial charge in [-0.05, 0) is 0 Å². The summed E-state index contributed by atoms with van der Waals surface area (Å²) in [6, 6.07) is 0. The van der Waals surface area contributed by atoms with Gasteiger partial charge in [0.1, 0.15) is 0 Å². The van der Waals surface area contributed by atoms with Crippen molar-refractivity contribution in [2.45, 2.75) is 6.16 Å². The molecule has 3 rings (SSSR count). The molecule has 0 atom stereocenters. The van der Waals surface area contributed by atoms with Crippen LogP contribution in [0.2, 0.25) is 0 Å². The third-order valence-corrected chi connectivity index (χ3v) is 2.68. The zero-order valence-corrected chi connectivity index (χ0v) is 13.4. The van der Waals surface area contributed by atoms with Crippen molar-refractivity contribution in [2.24, 2.45) is 0 Å². The molecule has 3 heterocycles. The fourth-order valence-electron chi connectivity index (χ4n) is 0.618. The van der Waals surface area contributed by atoms with Crippen LogP contribution in [-0.4, -0.2) is 6.16 Å². The molecule has 3 saturated heterocycles. The van der Waals surface area contributed by atoms with Crippen LogP contribution in [0.4, 0.5) is 0 Å². The normalized spacial score (nSPS) is 30.8. The van der Waals surface area contributed by atoms with Gasteiger partial charge in [0, 0.05) is 0 Å². The van der Waals surface area contributed by atoms with Crippen molar-refractivity contribution >= 4 is 23.5 Å². The quantitative estimate of drug-likeness (QED) is 0.305. The molecule has 0 aliphatic carbocycles. The predicted molar refractivity (Wildman–Crippen MR) is 29.9 cm³/mol. The van der Waals surface area contributed by atoms with Crippen LogP contribution in [0.3, 0.4) is 0 Å². The largest absolute Gasteiger partial charge is 2.00 e. The van der Waals surface area contributed by atoms with Crippen LogP contribution in [0.15, 0.2) is 0 Å². The number of phosphoric ester groups is 2. The molecule has 0 aromatic rings. The third-order valence-electron chi connectivity index (χ3n) is 0.894. The van der Waals surface area contributed by atoms with E-state index < -0.39 is 29.6 Å². The average Bonchev–Trinajstić information content (AvgIpc) is 1.72. The van der Waals surface area contributed by atoms with E-state index in [9.17, 15) is 18.9 Å². The van der Waals surface area contributed by atoms with Crippen molar-refractivity contribution in [3.05, 3.63) is 0 Å². The van der Waals surface area contributed by atoms with E-state index >= 15 is 0 Å². The fraction of sp³-hybridized carbons (Fsp3) is 1.00. The smallest absolute Gasteiger partial charge is 0.822 e. The Morgan fingerprint density at radius 1 is 1.00 bits per heavy atom. The molecular weight excluding hydrogens is 415 g/mol. The van der Waals surface area contributed by atoms with Crippen molar-refractivity contribution in [3.63, 3.8) is 0 Å². The van der Waals surface area contributed by atoms with Crippen LogP contribution >= 0.6 is 23.5 Å². The number of hydrogen-bond donors (Lipinski definition) is 0. The van der Waals surface area contributed by atoms with Gasteiger partial charge in [0.05, 0.1) is 7.82 Å². The molecule has 0 aromatic heterocycles. The number of rotatable bonds is 2. The third kappa shape index (κ3) is 9.56. The molecule has 107 valence electrons. The Labute approximate surface area is 138 Å². The monoisotopic (exact) mass is 415 g/mol. The molecule has 2 bridgehead atoms. The molecule has 3 aliphatic heterocycles. The van der Waals surface area contributed by atoms with Gasteiger partial charge < -0.3 is 33.6 Å². The van der Waals surface area contributed by atoms with Crippen molar-refractivity contribution in [1.82, 2.24) is 0 Å². The van der Waals surface area contributed by atoms with Crippen molar-refractivity contribution in [2.75, 3.05) is 0 Å². The number of phosphoric acid groups is 3. The minimum absolute atomic E-state index is 0. The van der Waals surface area contributed by atoms with E-state index in [4.69, 9.17) is 19.2 Å². The molecule has 0 amide bonds. The predicted octanol–water partition coefficient (Wildman–Crippen LogP) is -7.20. The maximum Gasteiger partial charge on any atom is 2.00 e. The molecule has 0 unspecified atom stereocenters. The molecular formula is CFeLiMnO12P3. The van der Waals surface area contributed by atoms with Crippen LogP contribution < -0.4 is 43.3 Å². The SMILES string of the molecule is O=P([O-])([O-])OC12OP(=O)(O1)O2.O=P([O-])([O-])[O-].[Fe+2].[Li+].[Mn+2]. The van der Waals surface area contributed by atoms with Gasteiger partial charge in [0.2, 0.25) is 0 Å². The Hall–Kier alpha value is 1.97. The molecule has 1 radical (unpaired) electrons. The Morgan fingerprint density at radius 3 is 1.42 bits per heavy atom. The maximum atomic E-state index is 10.4. The van der Waals surface area contributed by atoms with E-state index in [2.05, 4.69) is 18.1 Å². The van der Waals surface area contributed by atoms with Crippen LogP contribution in [0.25, 0.3) is 0 Å². The first kappa shape index (κ1) is 25.9. The Morgan fingerprint density at radius 2 is 1.26 bits per heavy atom. The summed E-state index contributed by atoms with van der Waals surface area (Å²) in [5.74, 6) is 0. The molecule has 0 N–H and O–H groups in total. The summed E-state index contributed by atoms with van der Waals surface area (Å²) >= 11 is 0. The second-order valence-corrected chi connectivity index (χ2v) is 5.62. The van der Waals surface area contributed by atoms with E-state index in [1.807, 2.05) is 0 Å². The first-order chi connectivity index (χ1) is 6.83. The summed E-state index contributed by atoms with van der Waals surface area (Å²) in [5, 5.41) is 0. The van der Waals surface area contributed by atoms with E-state index in [-0.39, 0.29) is 53.0 Å². The molecule has 12 nitrogen and oxygen atoms in total. The second kappa shape index (κ2) is 8.00. The second-order valence-electron chi connectivity index (χ2n) is 2.21. The van der Waals surface area contributed by atoms with Gasteiger partial charge in [-0.1, -0.05) is 0 Å². The zero-order valence-electron chi connectivity index (χ0n) is 8.47. The van der Waals surface area contributed by atoms with E-state index in [1.54, 1.807) is 0 Å². The summed E-state index contributed by atoms with van der Waals surface area (Å²) in [6.45, 7) is 0. The van der Waals surface area contributed by atoms with Gasteiger partial charge in [-0.25, -0.2) is 18.1 Å². The van der Waals surface area contributed by atoms with Gasteiger partial charge in [0.15, 0.2) is 0 Å². The fourth-order valence-corrected chi connectivity index (χ4v) is 2.15. The van der Waals surface area contributed by atoms with Gasteiger partial charge in [0.25, 0.3) is 0 Å². The molecule has 19 heavy (non-hydrogen) atoms. The summed E-state index contributed by atoms with van der Waals surface area (Å²) in [4.78, 5) is 45.4. The van der Waals surface area contributed by atoms with E-state index in [0.717, 1.165) is 0 Å². The molecule has 0 spiro atoms. The van der Waals surface area contributed by atoms with E-state index in [1.165, 1.54) is 0 Å². The van der Waals surface area contributed by atoms with Crippen molar-refractivity contribution < 1.29 is 109 Å². The van der Waals surface area contributed by atoms with Gasteiger partial charge in [-0.15, -0.1) is 0 Å². The molecule has 0 saturated carbocycles. The van der Waals surface area contributed by atoms with Crippen molar-refractivity contribution in [1.29, 1.82) is 0 Å². The molecule has 3 aliphatic rings. The minimum atomic E-state index is -5.39. The van der Waals surface area contributed by atoms with Gasteiger partial charge >= 0.3 is 67.0 Å². The molecule has 18 heteroatoms. The van der Waals surface area contributed by atoms with Gasteiger partial charge in [-0.2, -0.15) is 7.82 Å². The standard InChI is InChI=1S/CH2O8P2.Fe.Li.Mn.H3O4P/c2-10(3,4)6-1-7-11(5,8-1)9-1;;;;1-5(2,3)4/h(H2,2,3,4);;;;(H3,1,2,3,4)/q;+2;+1;+2;/p-5. The van der Waals surface area contributed by atoms with Crippen molar-refractivity contribution in [3.8, 4) is 0 Å². The van der Waals surface area contributed by atoms with Crippen LogP contribution in [-0.2, 0) is 65.9 Å². The Bertz CT molecular complexity index is 392. The summed E-state index contributed by atoms with van der Waals surface area (Å²) < 4.78 is 44.7. The summed E-state index contributed by atoms with van der Waals surface area (Å²) in [6.07, 6.45) is -2.34. The minimum Gasteiger partial charge on any atom is -0.822 e. The zero-order chi connectivity index (χ0) is 12.8. The first-order valence-electron chi connectivity index (χ1n) is 3.01. The average molecular weight is 415 g/mol. The molecule has 0 aromatic carbocycles. The van der Waals surface area contributed by atoms with Crippen LogP contribution in [0.1, 0.15) is 0 Å². The van der Waals surface area contributed by atoms with Crippen LogP contribution in [0.5, 0.6) is 0 Å². The Balaban J connectivity index is -0.000000286.